The first-order valence-electron chi connectivity index (χ1n) is 9.96. The topological polar surface area (TPSA) is 159 Å². The van der Waals surface area contributed by atoms with Crippen molar-refractivity contribution in [2.75, 3.05) is 11.9 Å². The second-order valence-electron chi connectivity index (χ2n) is 7.19. The van der Waals surface area contributed by atoms with Crippen molar-refractivity contribution in [2.45, 2.75) is 43.5 Å². The van der Waals surface area contributed by atoms with Gasteiger partial charge in [-0.3, -0.25) is 14.1 Å². The molecule has 2 aliphatic carbocycles. The fourth-order valence-corrected chi connectivity index (χ4v) is 3.60. The van der Waals surface area contributed by atoms with Gasteiger partial charge < -0.3 is 21.5 Å². The summed E-state index contributed by atoms with van der Waals surface area (Å²) >= 11 is 5.73. The maximum Gasteiger partial charge on any atom is 0.298 e. The quantitative estimate of drug-likeness (QED) is 0.178. The van der Waals surface area contributed by atoms with Gasteiger partial charge in [-0.2, -0.15) is 8.42 Å². The Morgan fingerprint density at radius 1 is 1.19 bits per heavy atom. The molecule has 0 heterocycles. The Morgan fingerprint density at radius 3 is 2.34 bits per heavy atom. The van der Waals surface area contributed by atoms with Gasteiger partial charge in [-0.15, -0.1) is 0 Å². The van der Waals surface area contributed by atoms with Crippen LogP contribution in [0, 0.1) is 0 Å². The molecule has 1 aromatic rings. The predicted octanol–water partition coefficient (Wildman–Crippen LogP) is 2.92. The van der Waals surface area contributed by atoms with E-state index in [4.69, 9.17) is 21.9 Å². The fourth-order valence-electron chi connectivity index (χ4n) is 2.69. The molecule has 6 N–H and O–H groups in total. The summed E-state index contributed by atoms with van der Waals surface area (Å²) < 4.78 is 31.5. The number of carbonyl (C=O) groups is 2. The Kier molecular flexibility index (Phi) is 9.02. The van der Waals surface area contributed by atoms with Crippen LogP contribution in [0.4, 0.5) is 5.69 Å². The number of nitrogens with two attached hydrogens (primary N) is 1. The van der Waals surface area contributed by atoms with E-state index >= 15 is 0 Å². The molecule has 1 atom stereocenters. The van der Waals surface area contributed by atoms with Gasteiger partial charge in [0.05, 0.1) is 11.7 Å². The van der Waals surface area contributed by atoms with Gasteiger partial charge in [-0.05, 0) is 42.2 Å². The number of hydrogen-bond acceptors (Lipinski definition) is 6. The molecule has 0 radical (unpaired) electrons. The number of rotatable bonds is 9. The standard InChI is InChI=1S/C15H22ClN3O6S.C6H4/c1-2-3-6-18-15(22)10(17)4-5-13(20)19-11-7-9(16)8-12(14(11)21)26(23,24)25;1-2-5-4-6(5)3-1/h7-8,10,21H,2-6,17H2,1H3,(H,18,22)(H,19,20)(H,23,24,25);1-4H/t10-;/m0./s1. The lowest BCUT2D eigenvalue weighted by atomic mass is 10.1. The molecule has 1 aromatic carbocycles. The zero-order valence-corrected chi connectivity index (χ0v) is 19.0. The number of nitrogens with one attached hydrogen (secondary N) is 2. The highest BCUT2D eigenvalue weighted by atomic mass is 35.5. The number of benzene rings is 2. The number of phenolic OH excluding ortho intramolecular Hbond substituents is 1. The molecule has 9 nitrogen and oxygen atoms in total. The second-order valence-corrected chi connectivity index (χ2v) is 9.02. The number of aromatic hydroxyl groups is 1. The van der Waals surface area contributed by atoms with Crippen molar-refractivity contribution < 1.29 is 27.7 Å². The summed E-state index contributed by atoms with van der Waals surface area (Å²) in [5, 5.41) is 14.7. The number of amides is 2. The first-order valence-corrected chi connectivity index (χ1v) is 11.8. The van der Waals surface area contributed by atoms with Crippen LogP contribution in [-0.4, -0.2) is 42.5 Å². The van der Waals surface area contributed by atoms with Crippen molar-refractivity contribution in [1.29, 1.82) is 0 Å². The summed E-state index contributed by atoms with van der Waals surface area (Å²) in [6.07, 6.45) is 1.65. The van der Waals surface area contributed by atoms with Crippen LogP contribution in [0.1, 0.15) is 32.6 Å². The first-order chi connectivity index (χ1) is 15.0. The third-order valence-corrected chi connectivity index (χ3v) is 5.64. The zero-order valence-electron chi connectivity index (χ0n) is 17.5. The van der Waals surface area contributed by atoms with E-state index in [1.807, 2.05) is 6.92 Å². The van der Waals surface area contributed by atoms with Crippen LogP contribution < -0.4 is 16.4 Å². The smallest absolute Gasteiger partial charge is 0.298 e. The van der Waals surface area contributed by atoms with Gasteiger partial charge in [-0.1, -0.05) is 43.1 Å². The minimum absolute atomic E-state index is 0.0519. The normalized spacial score (nSPS) is 12.2. The number of anilines is 1. The Bertz CT molecular complexity index is 1070. The Balaban J connectivity index is 0.000000506. The largest absolute Gasteiger partial charge is 0.504 e. The number of unbranched alkanes of at least 4 members (excludes halogenated alkanes) is 1. The molecule has 0 unspecified atom stereocenters. The monoisotopic (exact) mass is 483 g/mol. The van der Waals surface area contributed by atoms with Crippen molar-refractivity contribution >= 4 is 39.2 Å². The van der Waals surface area contributed by atoms with E-state index in [0.717, 1.165) is 25.0 Å². The van der Waals surface area contributed by atoms with E-state index in [9.17, 15) is 23.1 Å². The predicted molar refractivity (Wildman–Crippen MR) is 122 cm³/mol. The Labute approximate surface area is 191 Å². The first kappa shape index (κ1) is 25.6. The summed E-state index contributed by atoms with van der Waals surface area (Å²) in [4.78, 5) is 22.9. The van der Waals surface area contributed by atoms with Crippen LogP contribution in [0.3, 0.4) is 0 Å². The van der Waals surface area contributed by atoms with Gasteiger partial charge >= 0.3 is 0 Å². The zero-order chi connectivity index (χ0) is 23.9. The van der Waals surface area contributed by atoms with Crippen molar-refractivity contribution in [3.05, 3.63) is 41.4 Å². The van der Waals surface area contributed by atoms with Crippen molar-refractivity contribution in [1.82, 2.24) is 5.32 Å². The van der Waals surface area contributed by atoms with Crippen LogP contribution in [0.25, 0.3) is 11.1 Å². The van der Waals surface area contributed by atoms with E-state index in [1.165, 1.54) is 11.1 Å². The van der Waals surface area contributed by atoms with Crippen LogP contribution in [0.2, 0.25) is 5.02 Å². The lowest BCUT2D eigenvalue weighted by Gasteiger charge is -2.13. The minimum Gasteiger partial charge on any atom is -0.504 e. The summed E-state index contributed by atoms with van der Waals surface area (Å²) in [5.41, 5.74) is 8.27. The molecular formula is C21H26ClN3O6S. The van der Waals surface area contributed by atoms with Crippen LogP contribution in [0.5, 0.6) is 5.75 Å². The van der Waals surface area contributed by atoms with Gasteiger partial charge in [0.15, 0.2) is 5.75 Å². The maximum absolute atomic E-state index is 12.0. The average Bonchev–Trinajstić information content (AvgIpc) is 3.32. The summed E-state index contributed by atoms with van der Waals surface area (Å²) in [5.74, 6) is -1.82. The van der Waals surface area contributed by atoms with Crippen LogP contribution in [-0.2, 0) is 19.7 Å². The van der Waals surface area contributed by atoms with E-state index in [2.05, 4.69) is 34.9 Å². The van der Waals surface area contributed by atoms with Crippen molar-refractivity contribution in [3.8, 4) is 16.9 Å². The van der Waals surface area contributed by atoms with Gasteiger partial charge in [0.2, 0.25) is 11.8 Å². The number of halogens is 1. The van der Waals surface area contributed by atoms with Crippen molar-refractivity contribution in [2.24, 2.45) is 5.73 Å². The SMILES string of the molecule is CCCCNC(=O)[C@@H](N)CCC(=O)Nc1cc(Cl)cc(S(=O)(=O)O)c1O.c1cc2cc-2c1. The highest BCUT2D eigenvalue weighted by Gasteiger charge is 2.21. The molecule has 32 heavy (non-hydrogen) atoms. The fraction of sp³-hybridized carbons (Fsp3) is 0.333. The molecule has 2 amide bonds. The van der Waals surface area contributed by atoms with E-state index in [1.54, 1.807) is 0 Å². The number of hydrogen-bond donors (Lipinski definition) is 5. The van der Waals surface area contributed by atoms with Gasteiger partial charge in [0, 0.05) is 18.0 Å². The molecule has 0 saturated carbocycles. The third-order valence-electron chi connectivity index (χ3n) is 4.55. The van der Waals surface area contributed by atoms with Gasteiger partial charge in [0.25, 0.3) is 10.1 Å². The molecule has 2 aliphatic rings. The highest BCUT2D eigenvalue weighted by molar-refractivity contribution is 7.86. The van der Waals surface area contributed by atoms with Crippen molar-refractivity contribution in [3.63, 3.8) is 0 Å². The highest BCUT2D eigenvalue weighted by Crippen LogP contribution is 2.34. The molecule has 0 aromatic heterocycles. The second kappa shape index (κ2) is 11.3. The molecular weight excluding hydrogens is 458 g/mol. The summed E-state index contributed by atoms with van der Waals surface area (Å²) in [7, 11) is -4.72. The molecule has 174 valence electrons. The summed E-state index contributed by atoms with van der Waals surface area (Å²) in [6.45, 7) is 2.49. The Morgan fingerprint density at radius 2 is 1.84 bits per heavy atom. The third kappa shape index (κ3) is 7.79. The van der Waals surface area contributed by atoms with Crippen LogP contribution in [0.15, 0.2) is 41.3 Å². The molecule has 0 spiro atoms. The molecule has 11 heteroatoms. The molecule has 3 rings (SSSR count). The lowest BCUT2D eigenvalue weighted by molar-refractivity contribution is -0.122. The molecule has 0 aliphatic heterocycles. The summed E-state index contributed by atoms with van der Waals surface area (Å²) in [6, 6.07) is 9.58. The molecule has 0 bridgehead atoms. The van der Waals surface area contributed by atoms with Gasteiger partial charge in [-0.25, -0.2) is 0 Å². The van der Waals surface area contributed by atoms with E-state index in [0.29, 0.717) is 6.54 Å². The average molecular weight is 484 g/mol. The molecule has 0 fully saturated rings. The van der Waals surface area contributed by atoms with Gasteiger partial charge in [0.1, 0.15) is 4.90 Å². The van der Waals surface area contributed by atoms with E-state index < -0.39 is 32.7 Å². The number of fused-ring (bicyclic) bond motifs is 1. The number of phenols is 1. The lowest BCUT2D eigenvalue weighted by Crippen LogP contribution is -2.41. The number of carbonyl (C=O) groups excluding carboxylic acids is 2. The Hall–Kier alpha value is -2.66. The van der Waals surface area contributed by atoms with Crippen LogP contribution >= 0.6 is 11.6 Å². The maximum atomic E-state index is 12.0. The minimum atomic E-state index is -4.72. The molecule has 0 saturated heterocycles. The van der Waals surface area contributed by atoms with E-state index in [-0.39, 0.29) is 29.5 Å².